The summed E-state index contributed by atoms with van der Waals surface area (Å²) >= 11 is 1.60. The second-order valence-electron chi connectivity index (χ2n) is 6.84. The molecule has 1 aromatic carbocycles. The smallest absolute Gasteiger partial charge is 0.274 e. The van der Waals surface area contributed by atoms with Crippen LogP contribution in [0.25, 0.3) is 0 Å². The van der Waals surface area contributed by atoms with Crippen LogP contribution < -0.4 is 0 Å². The van der Waals surface area contributed by atoms with Crippen molar-refractivity contribution in [1.29, 1.82) is 0 Å². The number of rotatable bonds is 4. The number of carbonyl (C=O) groups is 2. The van der Waals surface area contributed by atoms with Crippen molar-refractivity contribution in [3.8, 4) is 0 Å². The Hall–Kier alpha value is -2.41. The van der Waals surface area contributed by atoms with Gasteiger partial charge in [0, 0.05) is 43.5 Å². The third-order valence-electron chi connectivity index (χ3n) is 5.13. The van der Waals surface area contributed by atoms with Gasteiger partial charge in [-0.05, 0) is 42.5 Å². The van der Waals surface area contributed by atoms with Gasteiger partial charge >= 0.3 is 0 Å². The largest absolute Gasteiger partial charge is 0.338 e. The van der Waals surface area contributed by atoms with E-state index in [-0.39, 0.29) is 11.8 Å². The molecule has 2 amide bonds. The number of aromatic nitrogens is 2. The van der Waals surface area contributed by atoms with Crippen LogP contribution in [-0.4, -0.2) is 63.5 Å². The predicted molar refractivity (Wildman–Crippen MR) is 104 cm³/mol. The van der Waals surface area contributed by atoms with E-state index in [1.807, 2.05) is 4.90 Å². The highest BCUT2D eigenvalue weighted by molar-refractivity contribution is 8.00. The molecule has 6 nitrogen and oxygen atoms in total. The fourth-order valence-corrected chi connectivity index (χ4v) is 4.47. The molecule has 0 atom stereocenters. The first-order chi connectivity index (χ1) is 13.2. The lowest BCUT2D eigenvalue weighted by molar-refractivity contribution is -0.129. The molecule has 0 unspecified atom stereocenters. The number of aryl methyl sites for hydroxylation is 2. The Morgan fingerprint density at radius 2 is 1.78 bits per heavy atom. The maximum atomic E-state index is 12.5. The molecule has 0 radical (unpaired) electrons. The minimum atomic E-state index is -0.122. The first kappa shape index (κ1) is 18.0. The second-order valence-corrected chi connectivity index (χ2v) is 7.89. The van der Waals surface area contributed by atoms with Crippen LogP contribution >= 0.6 is 11.8 Å². The van der Waals surface area contributed by atoms with Crippen LogP contribution in [0.15, 0.2) is 41.7 Å². The molecular weight excluding hydrogens is 360 g/mol. The Balaban J connectivity index is 1.27. The van der Waals surface area contributed by atoms with Crippen molar-refractivity contribution in [1.82, 2.24) is 19.8 Å². The number of benzene rings is 1. The Morgan fingerprint density at radius 1 is 1.00 bits per heavy atom. The molecule has 2 heterocycles. The summed E-state index contributed by atoms with van der Waals surface area (Å²) in [5.74, 6) is 0.450. The SMILES string of the molecule is O=C(CSc1ccc2c(c1)CCC2)N1CCN(C(=O)c2cnccn2)CC1. The quantitative estimate of drug-likeness (QED) is 0.757. The second kappa shape index (κ2) is 8.08. The van der Waals surface area contributed by atoms with Crippen molar-refractivity contribution in [2.75, 3.05) is 31.9 Å². The van der Waals surface area contributed by atoms with Crippen LogP contribution in [0.1, 0.15) is 28.0 Å². The van der Waals surface area contributed by atoms with Gasteiger partial charge in [-0.2, -0.15) is 0 Å². The van der Waals surface area contributed by atoms with Gasteiger partial charge in [0.1, 0.15) is 5.69 Å². The van der Waals surface area contributed by atoms with Crippen LogP contribution in [0.4, 0.5) is 0 Å². The number of nitrogens with zero attached hydrogens (tertiary/aromatic N) is 4. The van der Waals surface area contributed by atoms with Crippen molar-refractivity contribution >= 4 is 23.6 Å². The van der Waals surface area contributed by atoms with E-state index in [1.54, 1.807) is 22.9 Å². The number of hydrogen-bond donors (Lipinski definition) is 0. The minimum Gasteiger partial charge on any atom is -0.338 e. The van der Waals surface area contributed by atoms with Crippen molar-refractivity contribution in [3.63, 3.8) is 0 Å². The normalized spacial score (nSPS) is 16.3. The van der Waals surface area contributed by atoms with E-state index >= 15 is 0 Å². The lowest BCUT2D eigenvalue weighted by Crippen LogP contribution is -2.51. The van der Waals surface area contributed by atoms with E-state index in [9.17, 15) is 9.59 Å². The number of thioether (sulfide) groups is 1. The lowest BCUT2D eigenvalue weighted by Gasteiger charge is -2.34. The Bertz CT molecular complexity index is 835. The molecule has 0 spiro atoms. The molecule has 0 saturated carbocycles. The van der Waals surface area contributed by atoms with Crippen LogP contribution in [0, 0.1) is 0 Å². The minimum absolute atomic E-state index is 0.122. The number of piperazine rings is 1. The summed E-state index contributed by atoms with van der Waals surface area (Å²) in [5.41, 5.74) is 3.24. The number of hydrogen-bond acceptors (Lipinski definition) is 5. The van der Waals surface area contributed by atoms with E-state index in [2.05, 4.69) is 28.2 Å². The maximum absolute atomic E-state index is 12.5. The summed E-state index contributed by atoms with van der Waals surface area (Å²) < 4.78 is 0. The van der Waals surface area contributed by atoms with E-state index in [1.165, 1.54) is 41.3 Å². The van der Waals surface area contributed by atoms with Crippen molar-refractivity contribution in [3.05, 3.63) is 53.6 Å². The zero-order valence-electron chi connectivity index (χ0n) is 15.1. The van der Waals surface area contributed by atoms with Crippen LogP contribution in [0.2, 0.25) is 0 Å². The topological polar surface area (TPSA) is 66.4 Å². The summed E-state index contributed by atoms with van der Waals surface area (Å²) in [5, 5.41) is 0. The third-order valence-corrected chi connectivity index (χ3v) is 6.11. The van der Waals surface area contributed by atoms with Gasteiger partial charge in [0.15, 0.2) is 0 Å². The van der Waals surface area contributed by atoms with Gasteiger partial charge in [0.05, 0.1) is 11.9 Å². The maximum Gasteiger partial charge on any atom is 0.274 e. The molecule has 1 aromatic heterocycles. The molecule has 140 valence electrons. The summed E-state index contributed by atoms with van der Waals surface area (Å²) in [4.78, 5) is 37.7. The summed E-state index contributed by atoms with van der Waals surface area (Å²) in [7, 11) is 0. The summed E-state index contributed by atoms with van der Waals surface area (Å²) in [6, 6.07) is 6.56. The van der Waals surface area contributed by atoms with Gasteiger partial charge < -0.3 is 9.80 Å². The van der Waals surface area contributed by atoms with E-state index in [0.717, 1.165) is 6.42 Å². The molecule has 1 aliphatic heterocycles. The molecule has 7 heteroatoms. The van der Waals surface area contributed by atoms with Crippen molar-refractivity contribution in [2.24, 2.45) is 0 Å². The summed E-state index contributed by atoms with van der Waals surface area (Å²) in [6.45, 7) is 2.19. The van der Waals surface area contributed by atoms with E-state index in [4.69, 9.17) is 0 Å². The molecule has 1 fully saturated rings. The predicted octanol–water partition coefficient (Wildman–Crippen LogP) is 2.04. The highest BCUT2D eigenvalue weighted by atomic mass is 32.2. The number of amides is 2. The molecule has 27 heavy (non-hydrogen) atoms. The van der Waals surface area contributed by atoms with Crippen molar-refractivity contribution in [2.45, 2.75) is 24.2 Å². The monoisotopic (exact) mass is 382 g/mol. The molecule has 2 aromatic rings. The first-order valence-electron chi connectivity index (χ1n) is 9.28. The van der Waals surface area contributed by atoms with Gasteiger partial charge in [-0.25, -0.2) is 4.98 Å². The molecule has 0 bridgehead atoms. The van der Waals surface area contributed by atoms with E-state index in [0.29, 0.717) is 37.6 Å². The van der Waals surface area contributed by atoms with Crippen LogP contribution in [-0.2, 0) is 17.6 Å². The lowest BCUT2D eigenvalue weighted by atomic mass is 10.1. The third kappa shape index (κ3) is 4.13. The molecular formula is C20H22N4O2S. The standard InChI is InChI=1S/C20H22N4O2S/c25-19(14-27-17-5-4-15-2-1-3-16(15)12-17)23-8-10-24(11-9-23)20(26)18-13-21-6-7-22-18/h4-7,12-13H,1-3,8-11,14H2. The average molecular weight is 382 g/mol. The highest BCUT2D eigenvalue weighted by Crippen LogP contribution is 2.27. The fraction of sp³-hybridized carbons (Fsp3) is 0.400. The Kier molecular flexibility index (Phi) is 5.38. The molecule has 0 N–H and O–H groups in total. The highest BCUT2D eigenvalue weighted by Gasteiger charge is 2.25. The fourth-order valence-electron chi connectivity index (χ4n) is 3.60. The first-order valence-corrected chi connectivity index (χ1v) is 10.3. The molecule has 1 saturated heterocycles. The molecule has 1 aliphatic carbocycles. The van der Waals surface area contributed by atoms with Crippen LogP contribution in [0.3, 0.4) is 0 Å². The van der Waals surface area contributed by atoms with E-state index < -0.39 is 0 Å². The zero-order chi connectivity index (χ0) is 18.6. The Labute approximate surface area is 163 Å². The van der Waals surface area contributed by atoms with Gasteiger partial charge in [0.2, 0.25) is 5.91 Å². The van der Waals surface area contributed by atoms with Crippen LogP contribution in [0.5, 0.6) is 0 Å². The van der Waals surface area contributed by atoms with Gasteiger partial charge in [0.25, 0.3) is 5.91 Å². The molecule has 2 aliphatic rings. The van der Waals surface area contributed by atoms with Gasteiger partial charge in [-0.1, -0.05) is 6.07 Å². The molecule has 4 rings (SSSR count). The number of carbonyl (C=O) groups excluding carboxylic acids is 2. The van der Waals surface area contributed by atoms with Gasteiger partial charge in [-0.15, -0.1) is 11.8 Å². The Morgan fingerprint density at radius 3 is 2.56 bits per heavy atom. The van der Waals surface area contributed by atoms with Crippen molar-refractivity contribution < 1.29 is 9.59 Å². The van der Waals surface area contributed by atoms with Gasteiger partial charge in [-0.3, -0.25) is 14.6 Å². The zero-order valence-corrected chi connectivity index (χ0v) is 16.0. The summed E-state index contributed by atoms with van der Waals surface area (Å²) in [6.07, 6.45) is 8.11. The average Bonchev–Trinajstić information content (AvgIpc) is 3.20. The number of fused-ring (bicyclic) bond motifs is 1.